The summed E-state index contributed by atoms with van der Waals surface area (Å²) in [4.78, 5) is 42.4. The molecule has 2 aromatic carbocycles. The first-order valence-electron chi connectivity index (χ1n) is 15.2. The summed E-state index contributed by atoms with van der Waals surface area (Å²) in [5.41, 5.74) is 8.67. The minimum absolute atomic E-state index is 0.0674. The lowest BCUT2D eigenvalue weighted by Gasteiger charge is -2.43. The number of nitro benzene ring substituents is 1. The second kappa shape index (κ2) is 13.1. The maximum absolute atomic E-state index is 13.8. The minimum atomic E-state index is -0.541. The summed E-state index contributed by atoms with van der Waals surface area (Å²) in [6, 6.07) is 14.4. The molecule has 41 heavy (non-hydrogen) atoms. The molecular weight excluding hydrogens is 518 g/mol. The fourth-order valence-corrected chi connectivity index (χ4v) is 6.53. The topological polar surface area (TPSA) is 122 Å². The third-order valence-electron chi connectivity index (χ3n) is 9.30. The molecule has 220 valence electrons. The molecule has 1 unspecified atom stereocenters. The van der Waals surface area contributed by atoms with Crippen LogP contribution in [0.15, 0.2) is 48.5 Å². The smallest absolute Gasteiger partial charge is 0.269 e. The average Bonchev–Trinajstić information content (AvgIpc) is 3.84. The molecule has 3 fully saturated rings. The predicted molar refractivity (Wildman–Crippen MR) is 158 cm³/mol. The molecule has 1 saturated heterocycles. The molecule has 0 aromatic heterocycles. The summed E-state index contributed by atoms with van der Waals surface area (Å²) in [5, 5.41) is 14.3. The molecular formula is C32H43N5O4. The number of piperidine rings is 1. The van der Waals surface area contributed by atoms with Gasteiger partial charge in [0.1, 0.15) is 6.04 Å². The van der Waals surface area contributed by atoms with Gasteiger partial charge in [0.15, 0.2) is 0 Å². The van der Waals surface area contributed by atoms with Gasteiger partial charge >= 0.3 is 0 Å². The van der Waals surface area contributed by atoms with Crippen molar-refractivity contribution < 1.29 is 14.5 Å². The lowest BCUT2D eigenvalue weighted by Crippen LogP contribution is -2.58. The molecule has 0 spiro atoms. The monoisotopic (exact) mass is 561 g/mol. The van der Waals surface area contributed by atoms with Crippen molar-refractivity contribution >= 4 is 17.5 Å². The molecule has 9 nitrogen and oxygen atoms in total. The highest BCUT2D eigenvalue weighted by atomic mass is 16.6. The summed E-state index contributed by atoms with van der Waals surface area (Å²) >= 11 is 0. The van der Waals surface area contributed by atoms with Crippen LogP contribution in [0.25, 0.3) is 0 Å². The summed E-state index contributed by atoms with van der Waals surface area (Å²) < 4.78 is 0. The number of carbonyl (C=O) groups is 2. The second-order valence-electron chi connectivity index (χ2n) is 12.3. The van der Waals surface area contributed by atoms with Gasteiger partial charge in [0.2, 0.25) is 5.91 Å². The van der Waals surface area contributed by atoms with Crippen LogP contribution in [0, 0.1) is 28.9 Å². The Bertz CT molecular complexity index is 1210. The van der Waals surface area contributed by atoms with E-state index in [-0.39, 0.29) is 28.5 Å². The number of hydrogen-bond acceptors (Lipinski definition) is 6. The maximum atomic E-state index is 13.8. The van der Waals surface area contributed by atoms with Crippen LogP contribution in [0.3, 0.4) is 0 Å². The van der Waals surface area contributed by atoms with Crippen LogP contribution in [-0.2, 0) is 11.3 Å². The van der Waals surface area contributed by atoms with Crippen LogP contribution < -0.4 is 11.1 Å². The molecule has 2 saturated carbocycles. The van der Waals surface area contributed by atoms with Crippen LogP contribution in [0.5, 0.6) is 0 Å². The van der Waals surface area contributed by atoms with Crippen molar-refractivity contribution in [3.8, 4) is 0 Å². The first-order valence-corrected chi connectivity index (χ1v) is 15.2. The van der Waals surface area contributed by atoms with Gasteiger partial charge < -0.3 is 16.0 Å². The number of nitrogens with one attached hydrogen (secondary N) is 1. The first-order chi connectivity index (χ1) is 19.8. The van der Waals surface area contributed by atoms with Crippen molar-refractivity contribution in [1.29, 1.82) is 0 Å². The molecule has 5 rings (SSSR count). The number of benzene rings is 2. The van der Waals surface area contributed by atoms with E-state index in [1.807, 2.05) is 43.3 Å². The Morgan fingerprint density at radius 2 is 1.61 bits per heavy atom. The van der Waals surface area contributed by atoms with E-state index >= 15 is 0 Å². The Morgan fingerprint density at radius 1 is 0.951 bits per heavy atom. The molecule has 1 heterocycles. The Balaban J connectivity index is 1.30. The number of nitro groups is 1. The van der Waals surface area contributed by atoms with Gasteiger partial charge in [-0.15, -0.1) is 0 Å². The highest BCUT2D eigenvalue weighted by Crippen LogP contribution is 2.35. The van der Waals surface area contributed by atoms with E-state index in [9.17, 15) is 19.7 Å². The molecule has 0 bridgehead atoms. The molecule has 1 aliphatic heterocycles. The number of nitrogens with two attached hydrogens (primary N) is 1. The zero-order valence-corrected chi connectivity index (χ0v) is 24.0. The van der Waals surface area contributed by atoms with Crippen molar-refractivity contribution in [2.24, 2.45) is 17.6 Å². The quantitative estimate of drug-likeness (QED) is 0.327. The average molecular weight is 562 g/mol. The van der Waals surface area contributed by atoms with Crippen LogP contribution in [0.2, 0.25) is 0 Å². The van der Waals surface area contributed by atoms with E-state index < -0.39 is 6.04 Å². The van der Waals surface area contributed by atoms with Gasteiger partial charge in [-0.2, -0.15) is 0 Å². The van der Waals surface area contributed by atoms with Gasteiger partial charge in [0.25, 0.3) is 11.6 Å². The normalized spacial score (nSPS) is 24.7. The van der Waals surface area contributed by atoms with E-state index in [0.717, 1.165) is 62.6 Å². The number of carbonyl (C=O) groups excluding carboxylic acids is 2. The van der Waals surface area contributed by atoms with Crippen molar-refractivity contribution in [2.75, 3.05) is 19.6 Å². The standard InChI is InChI=1S/C32H43N5O4/c1-22-2-10-26(11-3-22)32(39)35-17-16-29(18-30(35)31(38)34-20-24-6-4-23(19-33)5-7-24)36(27-14-15-27)21-25-8-12-28(13-9-25)37(40)41/h2-3,8-13,23-24,27,29-30H,4-7,14-21,33H2,1H3,(H,34,38)/t23?,24?,29?,30-/m1/s1. The SMILES string of the molecule is Cc1ccc(C(=O)N2CCC(N(Cc3ccc([N+](=O)[O-])cc3)C3CC3)C[C@@H]2C(=O)NCC2CCC(CN)CC2)cc1. The van der Waals surface area contributed by atoms with Gasteiger partial charge in [-0.1, -0.05) is 29.8 Å². The molecule has 2 aromatic rings. The van der Waals surface area contributed by atoms with Crippen LogP contribution in [0.1, 0.15) is 72.9 Å². The lowest BCUT2D eigenvalue weighted by molar-refractivity contribution is -0.384. The Labute approximate surface area is 242 Å². The van der Waals surface area contributed by atoms with Gasteiger partial charge in [-0.25, -0.2) is 0 Å². The minimum Gasteiger partial charge on any atom is -0.354 e. The molecule has 0 radical (unpaired) electrons. The largest absolute Gasteiger partial charge is 0.354 e. The third-order valence-corrected chi connectivity index (χ3v) is 9.30. The Hall–Kier alpha value is -3.30. The van der Waals surface area contributed by atoms with Crippen molar-refractivity contribution in [2.45, 2.75) is 83.0 Å². The van der Waals surface area contributed by atoms with E-state index in [0.29, 0.717) is 49.5 Å². The van der Waals surface area contributed by atoms with Crippen LogP contribution in [-0.4, -0.2) is 64.3 Å². The molecule has 3 N–H and O–H groups in total. The number of aryl methyl sites for hydroxylation is 1. The molecule has 2 atom stereocenters. The first kappa shape index (κ1) is 29.2. The van der Waals surface area contributed by atoms with Gasteiger partial charge in [-0.3, -0.25) is 24.6 Å². The van der Waals surface area contributed by atoms with Gasteiger partial charge in [-0.05, 0) is 94.4 Å². The van der Waals surface area contributed by atoms with E-state index in [4.69, 9.17) is 5.73 Å². The molecule has 9 heteroatoms. The van der Waals surface area contributed by atoms with Crippen molar-refractivity contribution in [1.82, 2.24) is 15.1 Å². The highest BCUT2D eigenvalue weighted by molar-refractivity contribution is 5.97. The van der Waals surface area contributed by atoms with Crippen molar-refractivity contribution in [3.05, 3.63) is 75.3 Å². The zero-order chi connectivity index (χ0) is 28.9. The number of non-ortho nitro benzene ring substituents is 1. The summed E-state index contributed by atoms with van der Waals surface area (Å²) in [6.45, 7) is 4.56. The highest BCUT2D eigenvalue weighted by Gasteiger charge is 2.42. The Morgan fingerprint density at radius 3 is 2.22 bits per heavy atom. The summed E-state index contributed by atoms with van der Waals surface area (Å²) in [5.74, 6) is 0.878. The maximum Gasteiger partial charge on any atom is 0.269 e. The van der Waals surface area contributed by atoms with Crippen molar-refractivity contribution in [3.63, 3.8) is 0 Å². The Kier molecular flexibility index (Phi) is 9.35. The summed E-state index contributed by atoms with van der Waals surface area (Å²) in [6.07, 6.45) is 7.95. The van der Waals surface area contributed by atoms with Crippen LogP contribution in [0.4, 0.5) is 5.69 Å². The van der Waals surface area contributed by atoms with E-state index in [2.05, 4.69) is 10.2 Å². The lowest BCUT2D eigenvalue weighted by atomic mass is 9.82. The number of amides is 2. The van der Waals surface area contributed by atoms with E-state index in [1.54, 1.807) is 17.0 Å². The molecule has 3 aliphatic rings. The van der Waals surface area contributed by atoms with Gasteiger partial charge in [0.05, 0.1) is 4.92 Å². The number of hydrogen-bond donors (Lipinski definition) is 2. The van der Waals surface area contributed by atoms with E-state index in [1.165, 1.54) is 0 Å². The zero-order valence-electron chi connectivity index (χ0n) is 24.0. The fourth-order valence-electron chi connectivity index (χ4n) is 6.53. The number of nitrogens with zero attached hydrogens (tertiary/aromatic N) is 3. The second-order valence-corrected chi connectivity index (χ2v) is 12.3. The summed E-state index contributed by atoms with van der Waals surface area (Å²) in [7, 11) is 0. The predicted octanol–water partition coefficient (Wildman–Crippen LogP) is 4.42. The molecule has 2 amide bonds. The van der Waals surface area contributed by atoms with Crippen LogP contribution >= 0.6 is 0 Å². The van der Waals surface area contributed by atoms with Gasteiger partial charge in [0, 0.05) is 49.4 Å². The third kappa shape index (κ3) is 7.32. The number of likely N-dealkylation sites (tertiary alicyclic amines) is 1. The number of rotatable bonds is 10. The molecule has 2 aliphatic carbocycles. The fraction of sp³-hybridized carbons (Fsp3) is 0.562.